The van der Waals surface area contributed by atoms with Crippen LogP contribution >= 0.6 is 11.8 Å². The summed E-state index contributed by atoms with van der Waals surface area (Å²) in [4.78, 5) is 8.49. The van der Waals surface area contributed by atoms with Gasteiger partial charge in [0, 0.05) is 12.7 Å². The van der Waals surface area contributed by atoms with Crippen LogP contribution in [0.4, 0.5) is 5.95 Å². The number of hydrogen-bond donors (Lipinski definition) is 1. The zero-order chi connectivity index (χ0) is 10.6. The van der Waals surface area contributed by atoms with Crippen LogP contribution in [-0.2, 0) is 0 Å². The van der Waals surface area contributed by atoms with Crippen LogP contribution in [0.2, 0.25) is 0 Å². The van der Waals surface area contributed by atoms with Crippen molar-refractivity contribution < 1.29 is 0 Å². The minimum atomic E-state index is 0.249. The summed E-state index contributed by atoms with van der Waals surface area (Å²) in [7, 11) is 0. The minimum Gasteiger partial charge on any atom is -0.354 e. The van der Waals surface area contributed by atoms with E-state index in [4.69, 9.17) is 0 Å². The summed E-state index contributed by atoms with van der Waals surface area (Å²) >= 11 is 1.63. The lowest BCUT2D eigenvalue weighted by Gasteiger charge is -2.18. The van der Waals surface area contributed by atoms with E-state index in [1.54, 1.807) is 18.0 Å². The maximum atomic E-state index is 4.34. The summed E-state index contributed by atoms with van der Waals surface area (Å²) in [5.74, 6) is 0.715. The van der Waals surface area contributed by atoms with Crippen molar-refractivity contribution in [2.24, 2.45) is 5.41 Å². The van der Waals surface area contributed by atoms with E-state index >= 15 is 0 Å². The molecule has 0 aromatic carbocycles. The molecule has 0 saturated heterocycles. The molecule has 0 unspecified atom stereocenters. The van der Waals surface area contributed by atoms with Crippen LogP contribution in [0, 0.1) is 5.41 Å². The van der Waals surface area contributed by atoms with E-state index in [1.165, 1.54) is 0 Å². The third-order valence-corrected chi connectivity index (χ3v) is 2.26. The van der Waals surface area contributed by atoms with Gasteiger partial charge < -0.3 is 5.32 Å². The fourth-order valence-corrected chi connectivity index (χ4v) is 1.26. The van der Waals surface area contributed by atoms with Crippen molar-refractivity contribution in [3.8, 4) is 0 Å². The SMILES string of the molecule is CSc1ccnc(NCC(C)(C)C)n1. The molecule has 0 amide bonds. The fraction of sp³-hybridized carbons (Fsp3) is 0.600. The topological polar surface area (TPSA) is 37.8 Å². The minimum absolute atomic E-state index is 0.249. The molecule has 0 bridgehead atoms. The van der Waals surface area contributed by atoms with Crippen molar-refractivity contribution in [3.63, 3.8) is 0 Å². The Morgan fingerprint density at radius 2 is 2.14 bits per heavy atom. The molecule has 1 aromatic rings. The first-order valence-electron chi connectivity index (χ1n) is 4.62. The second kappa shape index (κ2) is 4.64. The maximum absolute atomic E-state index is 4.34. The highest BCUT2D eigenvalue weighted by Gasteiger charge is 2.10. The van der Waals surface area contributed by atoms with Crippen molar-refractivity contribution in [2.45, 2.75) is 25.8 Å². The maximum Gasteiger partial charge on any atom is 0.223 e. The third-order valence-electron chi connectivity index (χ3n) is 1.62. The molecule has 1 heterocycles. The first kappa shape index (κ1) is 11.3. The van der Waals surface area contributed by atoms with Gasteiger partial charge in [0.1, 0.15) is 5.03 Å². The number of anilines is 1. The number of nitrogens with zero attached hydrogens (tertiary/aromatic N) is 2. The lowest BCUT2D eigenvalue weighted by molar-refractivity contribution is 0.441. The highest BCUT2D eigenvalue weighted by atomic mass is 32.2. The van der Waals surface area contributed by atoms with Crippen molar-refractivity contribution in [3.05, 3.63) is 12.3 Å². The van der Waals surface area contributed by atoms with E-state index in [9.17, 15) is 0 Å². The molecule has 0 aliphatic heterocycles. The van der Waals surface area contributed by atoms with Crippen LogP contribution in [-0.4, -0.2) is 22.8 Å². The summed E-state index contributed by atoms with van der Waals surface area (Å²) in [6, 6.07) is 1.91. The largest absolute Gasteiger partial charge is 0.354 e. The lowest BCUT2D eigenvalue weighted by Crippen LogP contribution is -2.20. The second-order valence-electron chi connectivity index (χ2n) is 4.34. The number of nitrogens with one attached hydrogen (secondary N) is 1. The van der Waals surface area contributed by atoms with Gasteiger partial charge >= 0.3 is 0 Å². The molecule has 0 radical (unpaired) electrons. The van der Waals surface area contributed by atoms with Gasteiger partial charge in [0.05, 0.1) is 0 Å². The quantitative estimate of drug-likeness (QED) is 0.616. The number of rotatable bonds is 3. The second-order valence-corrected chi connectivity index (χ2v) is 5.16. The van der Waals surface area contributed by atoms with Gasteiger partial charge in [0.2, 0.25) is 5.95 Å². The van der Waals surface area contributed by atoms with Crippen LogP contribution < -0.4 is 5.32 Å². The van der Waals surface area contributed by atoms with Crippen LogP contribution in [0.15, 0.2) is 17.3 Å². The molecule has 0 fully saturated rings. The van der Waals surface area contributed by atoms with E-state index in [-0.39, 0.29) is 5.41 Å². The molecular weight excluding hydrogens is 194 g/mol. The fourth-order valence-electron chi connectivity index (χ4n) is 0.885. The van der Waals surface area contributed by atoms with Crippen molar-refractivity contribution in [1.82, 2.24) is 9.97 Å². The van der Waals surface area contributed by atoms with Gasteiger partial charge in [-0.25, -0.2) is 9.97 Å². The molecule has 0 aliphatic rings. The standard InChI is InChI=1S/C10H17N3S/c1-10(2,3)7-12-9-11-6-5-8(13-9)14-4/h5-6H,7H2,1-4H3,(H,11,12,13). The highest BCUT2D eigenvalue weighted by molar-refractivity contribution is 7.98. The summed E-state index contributed by atoms with van der Waals surface area (Å²) in [5.41, 5.74) is 0.249. The summed E-state index contributed by atoms with van der Waals surface area (Å²) in [6.45, 7) is 7.42. The molecule has 1 rings (SSSR count). The van der Waals surface area contributed by atoms with E-state index in [0.29, 0.717) is 5.95 Å². The molecule has 4 heteroatoms. The Bertz CT molecular complexity index is 294. The molecule has 14 heavy (non-hydrogen) atoms. The zero-order valence-electron chi connectivity index (χ0n) is 9.16. The lowest BCUT2D eigenvalue weighted by atomic mass is 9.97. The Morgan fingerprint density at radius 1 is 1.43 bits per heavy atom. The van der Waals surface area contributed by atoms with Gasteiger partial charge in [0.25, 0.3) is 0 Å². The van der Waals surface area contributed by atoms with Crippen molar-refractivity contribution in [1.29, 1.82) is 0 Å². The third kappa shape index (κ3) is 3.96. The molecule has 1 aromatic heterocycles. The molecule has 0 spiro atoms. The van der Waals surface area contributed by atoms with Gasteiger partial charge in [-0.1, -0.05) is 20.8 Å². The van der Waals surface area contributed by atoms with Crippen LogP contribution in [0.3, 0.4) is 0 Å². The Kier molecular flexibility index (Phi) is 3.75. The Labute approximate surface area is 89.7 Å². The normalized spacial score (nSPS) is 11.4. The van der Waals surface area contributed by atoms with Gasteiger partial charge in [-0.3, -0.25) is 0 Å². The summed E-state index contributed by atoms with van der Waals surface area (Å²) in [5, 5.41) is 4.22. The molecule has 1 N–H and O–H groups in total. The molecule has 0 atom stereocenters. The van der Waals surface area contributed by atoms with E-state index in [0.717, 1.165) is 11.6 Å². The average molecular weight is 211 g/mol. The van der Waals surface area contributed by atoms with Crippen molar-refractivity contribution >= 4 is 17.7 Å². The number of aromatic nitrogens is 2. The van der Waals surface area contributed by atoms with E-state index in [2.05, 4.69) is 36.1 Å². The predicted octanol–water partition coefficient (Wildman–Crippen LogP) is 2.66. The molecule has 3 nitrogen and oxygen atoms in total. The smallest absolute Gasteiger partial charge is 0.223 e. The van der Waals surface area contributed by atoms with E-state index in [1.807, 2.05) is 12.3 Å². The first-order valence-corrected chi connectivity index (χ1v) is 5.85. The van der Waals surface area contributed by atoms with Gasteiger partial charge in [-0.05, 0) is 17.7 Å². The summed E-state index contributed by atoms with van der Waals surface area (Å²) in [6.07, 6.45) is 3.79. The Morgan fingerprint density at radius 3 is 2.71 bits per heavy atom. The zero-order valence-corrected chi connectivity index (χ0v) is 9.98. The Hall–Kier alpha value is -0.770. The van der Waals surface area contributed by atoms with Gasteiger partial charge in [0.15, 0.2) is 0 Å². The number of thioether (sulfide) groups is 1. The molecule has 0 aliphatic carbocycles. The Balaban J connectivity index is 2.59. The monoisotopic (exact) mass is 211 g/mol. The predicted molar refractivity (Wildman–Crippen MR) is 61.8 cm³/mol. The van der Waals surface area contributed by atoms with Crippen LogP contribution in [0.25, 0.3) is 0 Å². The molecule has 0 saturated carbocycles. The van der Waals surface area contributed by atoms with Gasteiger partial charge in [-0.15, -0.1) is 11.8 Å². The molecule has 78 valence electrons. The van der Waals surface area contributed by atoms with Crippen LogP contribution in [0.1, 0.15) is 20.8 Å². The summed E-state index contributed by atoms with van der Waals surface area (Å²) < 4.78 is 0. The average Bonchev–Trinajstić information content (AvgIpc) is 2.14. The molecular formula is C10H17N3S. The number of hydrogen-bond acceptors (Lipinski definition) is 4. The first-order chi connectivity index (χ1) is 6.51. The van der Waals surface area contributed by atoms with Crippen LogP contribution in [0.5, 0.6) is 0 Å². The van der Waals surface area contributed by atoms with Crippen molar-refractivity contribution in [2.75, 3.05) is 18.1 Å². The highest BCUT2D eigenvalue weighted by Crippen LogP contribution is 2.15. The van der Waals surface area contributed by atoms with E-state index < -0.39 is 0 Å². The van der Waals surface area contributed by atoms with Gasteiger partial charge in [-0.2, -0.15) is 0 Å².